The summed E-state index contributed by atoms with van der Waals surface area (Å²) in [4.78, 5) is 10.5. The van der Waals surface area contributed by atoms with Gasteiger partial charge in [-0.25, -0.2) is 4.79 Å². The second-order valence-electron chi connectivity index (χ2n) is 3.02. The SMILES string of the molecule is COCCOCCOc1ccc(C(=O)O)nn1. The molecule has 0 bridgehead atoms. The van der Waals surface area contributed by atoms with E-state index in [4.69, 9.17) is 19.3 Å². The third kappa shape index (κ3) is 5.23. The van der Waals surface area contributed by atoms with Crippen LogP contribution in [0.2, 0.25) is 0 Å². The first-order chi connectivity index (χ1) is 8.24. The summed E-state index contributed by atoms with van der Waals surface area (Å²) in [7, 11) is 1.60. The Morgan fingerprint density at radius 2 is 2.00 bits per heavy atom. The third-order valence-electron chi connectivity index (χ3n) is 1.77. The lowest BCUT2D eigenvalue weighted by Crippen LogP contribution is -2.11. The van der Waals surface area contributed by atoms with Crippen molar-refractivity contribution in [2.24, 2.45) is 0 Å². The molecule has 1 aromatic rings. The van der Waals surface area contributed by atoms with E-state index in [-0.39, 0.29) is 11.6 Å². The molecule has 1 N–H and O–H groups in total. The molecule has 0 unspecified atom stereocenters. The molecular formula is C10H14N2O5. The third-order valence-corrected chi connectivity index (χ3v) is 1.77. The number of hydrogen-bond donors (Lipinski definition) is 1. The molecule has 0 aromatic carbocycles. The molecule has 0 spiro atoms. The number of methoxy groups -OCH3 is 1. The molecule has 0 aliphatic rings. The fourth-order valence-corrected chi connectivity index (χ4v) is 0.961. The Morgan fingerprint density at radius 3 is 2.59 bits per heavy atom. The lowest BCUT2D eigenvalue weighted by Gasteiger charge is -2.05. The van der Waals surface area contributed by atoms with Gasteiger partial charge in [-0.2, -0.15) is 0 Å². The van der Waals surface area contributed by atoms with Crippen LogP contribution in [0.3, 0.4) is 0 Å². The summed E-state index contributed by atoms with van der Waals surface area (Å²) < 4.78 is 15.2. The number of ether oxygens (including phenoxy) is 3. The predicted octanol–water partition coefficient (Wildman–Crippen LogP) is 0.217. The van der Waals surface area contributed by atoms with Gasteiger partial charge in [0.25, 0.3) is 0 Å². The minimum atomic E-state index is -1.12. The smallest absolute Gasteiger partial charge is 0.356 e. The molecule has 0 saturated carbocycles. The quantitative estimate of drug-likeness (QED) is 0.652. The summed E-state index contributed by atoms with van der Waals surface area (Å²) in [6.45, 7) is 1.77. The van der Waals surface area contributed by atoms with Crippen LogP contribution in [-0.4, -0.2) is 54.8 Å². The zero-order chi connectivity index (χ0) is 12.5. The zero-order valence-electron chi connectivity index (χ0n) is 9.46. The summed E-state index contributed by atoms with van der Waals surface area (Å²) >= 11 is 0. The highest BCUT2D eigenvalue weighted by molar-refractivity contribution is 5.84. The number of aromatic carboxylic acids is 1. The van der Waals surface area contributed by atoms with Crippen LogP contribution in [0.4, 0.5) is 0 Å². The van der Waals surface area contributed by atoms with Crippen molar-refractivity contribution in [1.29, 1.82) is 0 Å². The second kappa shape index (κ2) is 7.53. The van der Waals surface area contributed by atoms with E-state index in [9.17, 15) is 4.79 Å². The highest BCUT2D eigenvalue weighted by Gasteiger charge is 2.05. The molecule has 17 heavy (non-hydrogen) atoms. The van der Waals surface area contributed by atoms with Gasteiger partial charge < -0.3 is 19.3 Å². The van der Waals surface area contributed by atoms with Gasteiger partial charge in [-0.3, -0.25) is 0 Å². The first-order valence-electron chi connectivity index (χ1n) is 5.00. The Balaban J connectivity index is 2.21. The summed E-state index contributed by atoms with van der Waals surface area (Å²) in [5.74, 6) is -0.850. The van der Waals surface area contributed by atoms with Crippen LogP contribution in [0.15, 0.2) is 12.1 Å². The van der Waals surface area contributed by atoms with Gasteiger partial charge in [0.15, 0.2) is 5.69 Å². The number of aromatic nitrogens is 2. The van der Waals surface area contributed by atoms with Gasteiger partial charge in [-0.15, -0.1) is 10.2 Å². The van der Waals surface area contributed by atoms with Gasteiger partial charge in [0.1, 0.15) is 6.61 Å². The normalized spacial score (nSPS) is 10.2. The topological polar surface area (TPSA) is 90.8 Å². The van der Waals surface area contributed by atoms with Crippen molar-refractivity contribution < 1.29 is 24.1 Å². The Hall–Kier alpha value is -1.73. The van der Waals surface area contributed by atoms with Crippen LogP contribution in [0, 0.1) is 0 Å². The summed E-state index contributed by atoms with van der Waals surface area (Å²) in [6.07, 6.45) is 0. The average molecular weight is 242 g/mol. The van der Waals surface area contributed by atoms with Crippen molar-refractivity contribution in [3.63, 3.8) is 0 Å². The van der Waals surface area contributed by atoms with Crippen LogP contribution in [0.1, 0.15) is 10.5 Å². The van der Waals surface area contributed by atoms with Crippen LogP contribution >= 0.6 is 0 Å². The first-order valence-corrected chi connectivity index (χ1v) is 5.00. The molecule has 0 saturated heterocycles. The summed E-state index contributed by atoms with van der Waals surface area (Å²) in [6, 6.07) is 2.78. The molecule has 1 rings (SSSR count). The van der Waals surface area contributed by atoms with Crippen LogP contribution in [0.5, 0.6) is 5.88 Å². The maximum atomic E-state index is 10.5. The van der Waals surface area contributed by atoms with E-state index in [2.05, 4.69) is 10.2 Å². The van der Waals surface area contributed by atoms with E-state index in [0.717, 1.165) is 0 Å². The van der Waals surface area contributed by atoms with Crippen molar-refractivity contribution >= 4 is 5.97 Å². The zero-order valence-corrected chi connectivity index (χ0v) is 9.46. The van der Waals surface area contributed by atoms with Crippen molar-refractivity contribution in [2.45, 2.75) is 0 Å². The fourth-order valence-electron chi connectivity index (χ4n) is 0.961. The monoisotopic (exact) mass is 242 g/mol. The summed E-state index contributed by atoms with van der Waals surface area (Å²) in [5.41, 5.74) is -0.117. The number of rotatable bonds is 8. The van der Waals surface area contributed by atoms with Crippen molar-refractivity contribution in [3.05, 3.63) is 17.8 Å². The summed E-state index contributed by atoms with van der Waals surface area (Å²) in [5, 5.41) is 15.7. The number of hydrogen-bond acceptors (Lipinski definition) is 6. The number of carboxylic acids is 1. The average Bonchev–Trinajstić information content (AvgIpc) is 2.34. The molecule has 0 aliphatic heterocycles. The maximum absolute atomic E-state index is 10.5. The van der Waals surface area contributed by atoms with Crippen molar-refractivity contribution in [2.75, 3.05) is 33.5 Å². The molecule has 0 radical (unpaired) electrons. The Kier molecular flexibility index (Phi) is 5.91. The molecule has 7 heteroatoms. The number of carboxylic acid groups (broad SMARTS) is 1. The van der Waals surface area contributed by atoms with E-state index in [0.29, 0.717) is 26.4 Å². The molecule has 7 nitrogen and oxygen atoms in total. The standard InChI is InChI=1S/C10H14N2O5/c1-15-4-5-16-6-7-17-9-3-2-8(10(13)14)11-12-9/h2-3H,4-7H2,1H3,(H,13,14). The lowest BCUT2D eigenvalue weighted by atomic mass is 10.4. The number of nitrogens with zero attached hydrogens (tertiary/aromatic N) is 2. The molecule has 0 aliphatic carbocycles. The molecular weight excluding hydrogens is 228 g/mol. The fraction of sp³-hybridized carbons (Fsp3) is 0.500. The minimum absolute atomic E-state index is 0.117. The predicted molar refractivity (Wildman–Crippen MR) is 57.2 cm³/mol. The molecule has 1 aromatic heterocycles. The Morgan fingerprint density at radius 1 is 1.24 bits per heavy atom. The molecule has 1 heterocycles. The molecule has 0 atom stereocenters. The Labute approximate surface area is 98.3 Å². The first kappa shape index (κ1) is 13.3. The second-order valence-corrected chi connectivity index (χ2v) is 3.02. The van der Waals surface area contributed by atoms with Gasteiger partial charge in [0, 0.05) is 13.2 Å². The van der Waals surface area contributed by atoms with Crippen molar-refractivity contribution in [1.82, 2.24) is 10.2 Å². The van der Waals surface area contributed by atoms with E-state index in [1.807, 2.05) is 0 Å². The van der Waals surface area contributed by atoms with E-state index in [1.165, 1.54) is 12.1 Å². The highest BCUT2D eigenvalue weighted by Crippen LogP contribution is 2.04. The van der Waals surface area contributed by atoms with E-state index >= 15 is 0 Å². The van der Waals surface area contributed by atoms with E-state index in [1.54, 1.807) is 7.11 Å². The molecule has 0 fully saturated rings. The van der Waals surface area contributed by atoms with Gasteiger partial charge in [0.05, 0.1) is 19.8 Å². The van der Waals surface area contributed by atoms with Crippen LogP contribution in [-0.2, 0) is 9.47 Å². The highest BCUT2D eigenvalue weighted by atomic mass is 16.5. The van der Waals surface area contributed by atoms with Crippen LogP contribution < -0.4 is 4.74 Å². The maximum Gasteiger partial charge on any atom is 0.356 e. The van der Waals surface area contributed by atoms with E-state index < -0.39 is 5.97 Å². The Bertz CT molecular complexity index is 341. The molecule has 0 amide bonds. The minimum Gasteiger partial charge on any atom is -0.476 e. The molecule has 94 valence electrons. The lowest BCUT2D eigenvalue weighted by molar-refractivity contribution is 0.0534. The van der Waals surface area contributed by atoms with Crippen molar-refractivity contribution in [3.8, 4) is 5.88 Å². The van der Waals surface area contributed by atoms with Gasteiger partial charge in [-0.1, -0.05) is 0 Å². The number of carbonyl (C=O) groups is 1. The largest absolute Gasteiger partial charge is 0.476 e. The van der Waals surface area contributed by atoms with Gasteiger partial charge >= 0.3 is 5.97 Å². The van der Waals surface area contributed by atoms with Gasteiger partial charge in [0.2, 0.25) is 5.88 Å². The van der Waals surface area contributed by atoms with Gasteiger partial charge in [-0.05, 0) is 6.07 Å². The van der Waals surface area contributed by atoms with Crippen LogP contribution in [0.25, 0.3) is 0 Å².